The largest absolute Gasteiger partial charge is 0.325 e. The molecular formula is C28H19N3O2S. The monoisotopic (exact) mass is 461 g/mol. The van der Waals surface area contributed by atoms with Gasteiger partial charge in [0.15, 0.2) is 0 Å². The van der Waals surface area contributed by atoms with Crippen LogP contribution < -0.4 is 10.9 Å². The first-order chi connectivity index (χ1) is 16.7. The maximum absolute atomic E-state index is 13.4. The number of fused-ring (bicyclic) bond motifs is 3. The van der Waals surface area contributed by atoms with E-state index in [0.29, 0.717) is 15.9 Å². The van der Waals surface area contributed by atoms with Gasteiger partial charge in [0.05, 0.1) is 11.7 Å². The minimum Gasteiger partial charge on any atom is -0.325 e. The van der Waals surface area contributed by atoms with E-state index in [1.54, 1.807) is 0 Å². The van der Waals surface area contributed by atoms with Gasteiger partial charge in [-0.05, 0) is 45.3 Å². The molecule has 0 unspecified atom stereocenters. The summed E-state index contributed by atoms with van der Waals surface area (Å²) in [6.07, 6.45) is 1.45. The average Bonchev–Trinajstić information content (AvgIpc) is 3.30. The Kier molecular flexibility index (Phi) is 4.93. The molecular weight excluding hydrogens is 442 g/mol. The van der Waals surface area contributed by atoms with Crippen molar-refractivity contribution in [1.82, 2.24) is 9.55 Å². The molecule has 0 fully saturated rings. The van der Waals surface area contributed by atoms with Crippen molar-refractivity contribution >= 4 is 54.7 Å². The number of carbonyl (C=O) groups is 1. The van der Waals surface area contributed by atoms with Crippen LogP contribution in [0, 0.1) is 0 Å². The van der Waals surface area contributed by atoms with Gasteiger partial charge in [0.2, 0.25) is 5.91 Å². The maximum atomic E-state index is 13.4. The van der Waals surface area contributed by atoms with Crippen LogP contribution in [0.15, 0.2) is 101 Å². The summed E-state index contributed by atoms with van der Waals surface area (Å²) in [7, 11) is 0. The van der Waals surface area contributed by atoms with Gasteiger partial charge in [0.25, 0.3) is 5.56 Å². The van der Waals surface area contributed by atoms with Gasteiger partial charge in [0, 0.05) is 16.6 Å². The standard InChI is InChI=1S/C28H19N3O2S/c32-25(30-23-12-11-19-6-2-4-8-21(19)14-23)15-31-17-29-27-26(28(31)33)24(16-34-27)22-10-9-18-5-1-3-7-20(18)13-22/h1-14,16-17H,15H2,(H,30,32). The van der Waals surface area contributed by atoms with Gasteiger partial charge in [-0.3, -0.25) is 14.2 Å². The van der Waals surface area contributed by atoms with Crippen LogP contribution in [0.3, 0.4) is 0 Å². The second-order valence-corrected chi connectivity index (χ2v) is 9.04. The van der Waals surface area contributed by atoms with E-state index in [1.165, 1.54) is 22.2 Å². The van der Waals surface area contributed by atoms with Crippen molar-refractivity contribution in [3.8, 4) is 11.1 Å². The zero-order valence-electron chi connectivity index (χ0n) is 18.1. The van der Waals surface area contributed by atoms with E-state index in [-0.39, 0.29) is 18.0 Å². The van der Waals surface area contributed by atoms with Crippen LogP contribution in [-0.2, 0) is 11.3 Å². The zero-order valence-corrected chi connectivity index (χ0v) is 18.9. The summed E-state index contributed by atoms with van der Waals surface area (Å²) in [5.74, 6) is -0.277. The maximum Gasteiger partial charge on any atom is 0.263 e. The number of thiophene rings is 1. The van der Waals surface area contributed by atoms with Gasteiger partial charge >= 0.3 is 0 Å². The summed E-state index contributed by atoms with van der Waals surface area (Å²) < 4.78 is 1.37. The molecule has 0 aliphatic heterocycles. The van der Waals surface area contributed by atoms with E-state index in [4.69, 9.17) is 0 Å². The number of nitrogens with zero attached hydrogens (tertiary/aromatic N) is 2. The summed E-state index contributed by atoms with van der Waals surface area (Å²) in [5, 5.41) is 9.80. The van der Waals surface area contributed by atoms with Crippen molar-refractivity contribution in [2.75, 3.05) is 5.32 Å². The average molecular weight is 462 g/mol. The quantitative estimate of drug-likeness (QED) is 0.347. The number of nitrogens with one attached hydrogen (secondary N) is 1. The minimum absolute atomic E-state index is 0.110. The summed E-state index contributed by atoms with van der Waals surface area (Å²) in [6.45, 7) is -0.110. The molecule has 34 heavy (non-hydrogen) atoms. The summed E-state index contributed by atoms with van der Waals surface area (Å²) in [4.78, 5) is 31.2. The number of rotatable bonds is 4. The highest BCUT2D eigenvalue weighted by Gasteiger charge is 2.15. The second kappa shape index (κ2) is 8.24. The summed E-state index contributed by atoms with van der Waals surface area (Å²) in [6, 6.07) is 28.0. The Bertz CT molecular complexity index is 1770. The highest BCUT2D eigenvalue weighted by Crippen LogP contribution is 2.32. The Morgan fingerprint density at radius 2 is 1.53 bits per heavy atom. The van der Waals surface area contributed by atoms with Crippen LogP contribution in [-0.4, -0.2) is 15.5 Å². The van der Waals surface area contributed by atoms with E-state index in [9.17, 15) is 9.59 Å². The predicted octanol–water partition coefficient (Wildman–Crippen LogP) is 6.07. The highest BCUT2D eigenvalue weighted by molar-refractivity contribution is 7.17. The fraction of sp³-hybridized carbons (Fsp3) is 0.0357. The SMILES string of the molecule is O=C(Cn1cnc2scc(-c3ccc4ccccc4c3)c2c1=O)Nc1ccc2ccccc2c1. The van der Waals surface area contributed by atoms with Gasteiger partial charge in [-0.1, -0.05) is 66.7 Å². The van der Waals surface area contributed by atoms with Gasteiger partial charge < -0.3 is 5.32 Å². The number of anilines is 1. The molecule has 0 saturated carbocycles. The van der Waals surface area contributed by atoms with Crippen LogP contribution in [0.25, 0.3) is 42.9 Å². The Morgan fingerprint density at radius 1 is 0.853 bits per heavy atom. The third-order valence-electron chi connectivity index (χ3n) is 5.97. The molecule has 0 radical (unpaired) electrons. The van der Waals surface area contributed by atoms with Crippen LogP contribution in [0.5, 0.6) is 0 Å². The van der Waals surface area contributed by atoms with Crippen molar-refractivity contribution < 1.29 is 4.79 Å². The molecule has 6 heteroatoms. The van der Waals surface area contributed by atoms with Crippen molar-refractivity contribution in [2.45, 2.75) is 6.54 Å². The molecule has 2 heterocycles. The molecule has 4 aromatic carbocycles. The summed E-state index contributed by atoms with van der Waals surface area (Å²) in [5.41, 5.74) is 2.27. The molecule has 5 nitrogen and oxygen atoms in total. The van der Waals surface area contributed by atoms with Gasteiger partial charge in [0.1, 0.15) is 11.4 Å². The first-order valence-electron chi connectivity index (χ1n) is 10.9. The van der Waals surface area contributed by atoms with Crippen LogP contribution >= 0.6 is 11.3 Å². The van der Waals surface area contributed by atoms with E-state index < -0.39 is 0 Å². The third kappa shape index (κ3) is 3.64. The van der Waals surface area contributed by atoms with Gasteiger partial charge in [-0.25, -0.2) is 4.98 Å². The van der Waals surface area contributed by atoms with Crippen LogP contribution in [0.1, 0.15) is 0 Å². The summed E-state index contributed by atoms with van der Waals surface area (Å²) >= 11 is 1.43. The number of benzene rings is 4. The number of hydrogen-bond donors (Lipinski definition) is 1. The lowest BCUT2D eigenvalue weighted by Crippen LogP contribution is -2.27. The molecule has 164 valence electrons. The molecule has 6 aromatic rings. The first kappa shape index (κ1) is 20.3. The molecule has 0 aliphatic rings. The fourth-order valence-corrected chi connectivity index (χ4v) is 5.18. The zero-order chi connectivity index (χ0) is 23.1. The highest BCUT2D eigenvalue weighted by atomic mass is 32.1. The smallest absolute Gasteiger partial charge is 0.263 e. The molecule has 1 N–H and O–H groups in total. The lowest BCUT2D eigenvalue weighted by Gasteiger charge is -2.09. The predicted molar refractivity (Wildman–Crippen MR) is 139 cm³/mol. The van der Waals surface area contributed by atoms with Crippen molar-refractivity contribution in [1.29, 1.82) is 0 Å². The first-order valence-corrected chi connectivity index (χ1v) is 11.8. The lowest BCUT2D eigenvalue weighted by atomic mass is 10.0. The molecule has 0 saturated heterocycles. The Morgan fingerprint density at radius 3 is 2.29 bits per heavy atom. The topological polar surface area (TPSA) is 64.0 Å². The number of hydrogen-bond acceptors (Lipinski definition) is 4. The van der Waals surface area contributed by atoms with E-state index in [0.717, 1.165) is 32.7 Å². The third-order valence-corrected chi connectivity index (χ3v) is 6.85. The molecule has 0 bridgehead atoms. The fourth-order valence-electron chi connectivity index (χ4n) is 4.27. The second-order valence-electron chi connectivity index (χ2n) is 8.18. The molecule has 0 aliphatic carbocycles. The number of amides is 1. The van der Waals surface area contributed by atoms with E-state index in [2.05, 4.69) is 34.6 Å². The Hall–Kier alpha value is -4.29. The van der Waals surface area contributed by atoms with E-state index in [1.807, 2.05) is 66.0 Å². The molecule has 0 atom stereocenters. The molecule has 0 spiro atoms. The minimum atomic E-state index is -0.277. The molecule has 1 amide bonds. The van der Waals surface area contributed by atoms with Crippen LogP contribution in [0.2, 0.25) is 0 Å². The van der Waals surface area contributed by atoms with E-state index >= 15 is 0 Å². The Balaban J connectivity index is 1.32. The Labute approximate surface area is 198 Å². The lowest BCUT2D eigenvalue weighted by molar-refractivity contribution is -0.116. The number of carbonyl (C=O) groups excluding carboxylic acids is 1. The number of aromatic nitrogens is 2. The van der Waals surface area contributed by atoms with Crippen LogP contribution in [0.4, 0.5) is 5.69 Å². The van der Waals surface area contributed by atoms with Crippen molar-refractivity contribution in [3.05, 3.63) is 107 Å². The van der Waals surface area contributed by atoms with Gasteiger partial charge in [-0.15, -0.1) is 11.3 Å². The van der Waals surface area contributed by atoms with Crippen molar-refractivity contribution in [3.63, 3.8) is 0 Å². The molecule has 6 rings (SSSR count). The van der Waals surface area contributed by atoms with Gasteiger partial charge in [-0.2, -0.15) is 0 Å². The normalized spacial score (nSPS) is 11.3. The van der Waals surface area contributed by atoms with Crippen molar-refractivity contribution in [2.24, 2.45) is 0 Å². The molecule has 2 aromatic heterocycles.